The number of nitrogens with zero attached hydrogens (tertiary/aromatic N) is 4. The van der Waals surface area contributed by atoms with Gasteiger partial charge >= 0.3 is 0 Å². The van der Waals surface area contributed by atoms with Gasteiger partial charge in [0.25, 0.3) is 0 Å². The summed E-state index contributed by atoms with van der Waals surface area (Å²) in [6.07, 6.45) is 7.19. The fraction of sp³-hybridized carbons (Fsp3) is 0.143. The van der Waals surface area contributed by atoms with Crippen LogP contribution in [0.4, 0.5) is 0 Å². The number of fused-ring (bicyclic) bond motifs is 1. The molecule has 27 heavy (non-hydrogen) atoms. The molecule has 0 aliphatic carbocycles. The maximum absolute atomic E-state index is 12.3. The number of amides is 1. The summed E-state index contributed by atoms with van der Waals surface area (Å²) in [7, 11) is 0. The van der Waals surface area contributed by atoms with Crippen molar-refractivity contribution in [1.29, 1.82) is 0 Å². The lowest BCUT2D eigenvalue weighted by molar-refractivity contribution is -0.120. The minimum atomic E-state index is 0.00709. The third kappa shape index (κ3) is 4.00. The molecule has 0 aliphatic rings. The van der Waals surface area contributed by atoms with Gasteiger partial charge in [0, 0.05) is 25.1 Å². The van der Waals surface area contributed by atoms with Crippen LogP contribution in [-0.4, -0.2) is 32.2 Å². The fourth-order valence-electron chi connectivity index (χ4n) is 3.05. The highest BCUT2D eigenvalue weighted by Crippen LogP contribution is 2.18. The van der Waals surface area contributed by atoms with Gasteiger partial charge in [-0.05, 0) is 22.4 Å². The molecular weight excluding hydrogens is 338 g/mol. The normalized spacial score (nSPS) is 10.8. The van der Waals surface area contributed by atoms with Crippen molar-refractivity contribution in [1.82, 2.24) is 25.1 Å². The third-order valence-corrected chi connectivity index (χ3v) is 4.36. The summed E-state index contributed by atoms with van der Waals surface area (Å²) < 4.78 is 1.79. The van der Waals surface area contributed by atoms with Gasteiger partial charge in [-0.1, -0.05) is 42.5 Å². The van der Waals surface area contributed by atoms with Crippen molar-refractivity contribution in [2.45, 2.75) is 13.0 Å². The van der Waals surface area contributed by atoms with Crippen molar-refractivity contribution in [2.24, 2.45) is 0 Å². The van der Waals surface area contributed by atoms with E-state index in [2.05, 4.69) is 38.6 Å². The first-order valence-corrected chi connectivity index (χ1v) is 8.83. The zero-order chi connectivity index (χ0) is 18.5. The second-order valence-corrected chi connectivity index (χ2v) is 6.22. The van der Waals surface area contributed by atoms with Gasteiger partial charge in [-0.15, -0.1) is 0 Å². The zero-order valence-corrected chi connectivity index (χ0v) is 14.7. The van der Waals surface area contributed by atoms with E-state index in [1.807, 2.05) is 36.5 Å². The highest BCUT2D eigenvalue weighted by atomic mass is 16.1. The molecule has 6 heteroatoms. The van der Waals surface area contributed by atoms with E-state index in [4.69, 9.17) is 0 Å². The fourth-order valence-corrected chi connectivity index (χ4v) is 3.05. The van der Waals surface area contributed by atoms with E-state index < -0.39 is 0 Å². The SMILES string of the molecule is O=C(Cc1cccc2ccccc12)NCCn1ccc(-c2cnccn2)n1. The Kier molecular flexibility index (Phi) is 4.87. The summed E-state index contributed by atoms with van der Waals surface area (Å²) in [6.45, 7) is 1.12. The predicted octanol–water partition coefficient (Wildman–Crippen LogP) is 2.85. The first-order valence-electron chi connectivity index (χ1n) is 8.83. The average Bonchev–Trinajstić information content (AvgIpc) is 3.18. The van der Waals surface area contributed by atoms with Crippen LogP contribution in [0.1, 0.15) is 5.56 Å². The molecule has 0 spiro atoms. The summed E-state index contributed by atoms with van der Waals surface area (Å²) in [5.74, 6) is 0.00709. The monoisotopic (exact) mass is 357 g/mol. The molecular formula is C21H19N5O. The Balaban J connectivity index is 1.33. The highest BCUT2D eigenvalue weighted by molar-refractivity contribution is 5.90. The number of rotatable bonds is 6. The Bertz CT molecular complexity index is 1050. The van der Waals surface area contributed by atoms with Crippen LogP contribution in [0.25, 0.3) is 22.2 Å². The lowest BCUT2D eigenvalue weighted by atomic mass is 10.0. The van der Waals surface area contributed by atoms with Crippen molar-refractivity contribution in [3.8, 4) is 11.4 Å². The number of aromatic nitrogens is 4. The van der Waals surface area contributed by atoms with E-state index >= 15 is 0 Å². The van der Waals surface area contributed by atoms with Crippen LogP contribution < -0.4 is 5.32 Å². The van der Waals surface area contributed by atoms with Crippen LogP contribution in [0.3, 0.4) is 0 Å². The van der Waals surface area contributed by atoms with E-state index in [-0.39, 0.29) is 5.91 Å². The molecule has 0 saturated heterocycles. The number of hydrogen-bond acceptors (Lipinski definition) is 4. The van der Waals surface area contributed by atoms with Crippen molar-refractivity contribution in [3.05, 3.63) is 78.9 Å². The first-order chi connectivity index (χ1) is 13.3. The van der Waals surface area contributed by atoms with Crippen molar-refractivity contribution < 1.29 is 4.79 Å². The topological polar surface area (TPSA) is 72.7 Å². The van der Waals surface area contributed by atoms with Gasteiger partial charge in [0.2, 0.25) is 5.91 Å². The Hall–Kier alpha value is -3.54. The standard InChI is InChI=1S/C21H19N5O/c27-21(14-17-6-3-5-16-4-1-2-7-18(16)17)24-11-13-26-12-8-19(25-26)20-15-22-9-10-23-20/h1-10,12,15H,11,13-14H2,(H,24,27). The van der Waals surface area contributed by atoms with Crippen molar-refractivity contribution in [3.63, 3.8) is 0 Å². The maximum atomic E-state index is 12.3. The Morgan fingerprint density at radius 1 is 1.00 bits per heavy atom. The predicted molar refractivity (Wildman–Crippen MR) is 104 cm³/mol. The minimum absolute atomic E-state index is 0.00709. The molecule has 0 saturated carbocycles. The van der Waals surface area contributed by atoms with Gasteiger partial charge in [0.05, 0.1) is 19.2 Å². The van der Waals surface area contributed by atoms with Gasteiger partial charge in [0.1, 0.15) is 11.4 Å². The molecule has 2 heterocycles. The summed E-state index contributed by atoms with van der Waals surface area (Å²) in [5.41, 5.74) is 2.54. The lowest BCUT2D eigenvalue weighted by Crippen LogP contribution is -2.28. The smallest absolute Gasteiger partial charge is 0.224 e. The molecule has 134 valence electrons. The molecule has 0 radical (unpaired) electrons. The van der Waals surface area contributed by atoms with Crippen molar-refractivity contribution in [2.75, 3.05) is 6.54 Å². The van der Waals surface area contributed by atoms with E-state index in [0.717, 1.165) is 27.7 Å². The van der Waals surface area contributed by atoms with Crippen LogP contribution in [0.5, 0.6) is 0 Å². The number of carbonyl (C=O) groups is 1. The molecule has 0 fully saturated rings. The largest absolute Gasteiger partial charge is 0.354 e. The zero-order valence-electron chi connectivity index (χ0n) is 14.7. The van der Waals surface area contributed by atoms with Crippen LogP contribution in [0.15, 0.2) is 73.3 Å². The Labute approximate surface area is 156 Å². The molecule has 4 aromatic rings. The molecule has 0 unspecified atom stereocenters. The van der Waals surface area contributed by atoms with Crippen LogP contribution in [-0.2, 0) is 17.8 Å². The van der Waals surface area contributed by atoms with E-state index in [0.29, 0.717) is 19.5 Å². The molecule has 0 bridgehead atoms. The summed E-state index contributed by atoms with van der Waals surface area (Å²) >= 11 is 0. The van der Waals surface area contributed by atoms with E-state index in [1.54, 1.807) is 23.3 Å². The van der Waals surface area contributed by atoms with Gasteiger partial charge in [0.15, 0.2) is 0 Å². The Morgan fingerprint density at radius 3 is 2.78 bits per heavy atom. The van der Waals surface area contributed by atoms with Gasteiger partial charge in [-0.2, -0.15) is 5.10 Å². The molecule has 0 aliphatic heterocycles. The molecule has 0 atom stereocenters. The number of nitrogens with one attached hydrogen (secondary N) is 1. The van der Waals surface area contributed by atoms with Crippen LogP contribution in [0.2, 0.25) is 0 Å². The minimum Gasteiger partial charge on any atom is -0.354 e. The molecule has 1 N–H and O–H groups in total. The highest BCUT2D eigenvalue weighted by Gasteiger charge is 2.07. The first kappa shape index (κ1) is 16.9. The molecule has 2 aromatic carbocycles. The Morgan fingerprint density at radius 2 is 1.89 bits per heavy atom. The molecule has 4 rings (SSSR count). The second-order valence-electron chi connectivity index (χ2n) is 6.22. The van der Waals surface area contributed by atoms with Crippen LogP contribution in [0, 0.1) is 0 Å². The van der Waals surface area contributed by atoms with E-state index in [9.17, 15) is 4.79 Å². The van der Waals surface area contributed by atoms with Crippen LogP contribution >= 0.6 is 0 Å². The average molecular weight is 357 g/mol. The third-order valence-electron chi connectivity index (χ3n) is 4.36. The second kappa shape index (κ2) is 7.78. The number of carbonyl (C=O) groups excluding carboxylic acids is 1. The van der Waals surface area contributed by atoms with Gasteiger partial charge in [-0.3, -0.25) is 19.4 Å². The lowest BCUT2D eigenvalue weighted by Gasteiger charge is -2.08. The van der Waals surface area contributed by atoms with E-state index in [1.165, 1.54) is 0 Å². The maximum Gasteiger partial charge on any atom is 0.224 e. The number of benzene rings is 2. The molecule has 1 amide bonds. The van der Waals surface area contributed by atoms with Gasteiger partial charge in [-0.25, -0.2) is 0 Å². The summed E-state index contributed by atoms with van der Waals surface area (Å²) in [4.78, 5) is 20.6. The number of hydrogen-bond donors (Lipinski definition) is 1. The quantitative estimate of drug-likeness (QED) is 0.576. The summed E-state index contributed by atoms with van der Waals surface area (Å²) in [6, 6.07) is 16.1. The summed E-state index contributed by atoms with van der Waals surface area (Å²) in [5, 5.41) is 9.70. The molecule has 6 nitrogen and oxygen atoms in total. The van der Waals surface area contributed by atoms with Crippen molar-refractivity contribution >= 4 is 16.7 Å². The van der Waals surface area contributed by atoms with Gasteiger partial charge < -0.3 is 5.32 Å². The molecule has 2 aromatic heterocycles.